The van der Waals surface area contributed by atoms with Crippen LogP contribution in [-0.2, 0) is 27.3 Å². The molecule has 62 heavy (non-hydrogen) atoms. The number of ether oxygens (including phenoxy) is 2. The van der Waals surface area contributed by atoms with E-state index < -0.39 is 11.9 Å². The Bertz CT molecular complexity index is 2210. The van der Waals surface area contributed by atoms with Crippen LogP contribution < -0.4 is 24.8 Å². The minimum atomic E-state index is -0.625. The first kappa shape index (κ1) is 41.9. The number of carbonyl (C=O) groups is 3. The lowest BCUT2D eigenvalue weighted by atomic mass is 9.78. The third-order valence-corrected chi connectivity index (χ3v) is 13.9. The van der Waals surface area contributed by atoms with Crippen molar-refractivity contribution in [3.63, 3.8) is 0 Å². The molecular weight excluding hydrogens is 786 g/mol. The average molecular weight is 844 g/mol. The van der Waals surface area contributed by atoms with Crippen LogP contribution in [0.15, 0.2) is 91.0 Å². The van der Waals surface area contributed by atoms with Crippen molar-refractivity contribution in [2.24, 2.45) is 5.92 Å². The smallest absolute Gasteiger partial charge is 0.255 e. The number of imide groups is 1. The number of amides is 3. The molecule has 326 valence electrons. The molecule has 6 heterocycles. The normalized spacial score (nSPS) is 24.7. The van der Waals surface area contributed by atoms with Crippen LogP contribution in [-0.4, -0.2) is 97.7 Å². The highest BCUT2D eigenvalue weighted by Crippen LogP contribution is 2.43. The fourth-order valence-corrected chi connectivity index (χ4v) is 10.6. The highest BCUT2D eigenvalue weighted by Gasteiger charge is 2.47. The summed E-state index contributed by atoms with van der Waals surface area (Å²) in [5.74, 6) is 0.996. The van der Waals surface area contributed by atoms with E-state index in [0.29, 0.717) is 37.0 Å². The van der Waals surface area contributed by atoms with Crippen molar-refractivity contribution < 1.29 is 33.3 Å². The maximum atomic E-state index is 13.3. The monoisotopic (exact) mass is 843 g/mol. The predicted molar refractivity (Wildman–Crippen MR) is 236 cm³/mol. The lowest BCUT2D eigenvalue weighted by Gasteiger charge is -2.54. The van der Waals surface area contributed by atoms with E-state index in [2.05, 4.69) is 55.3 Å². The quantitative estimate of drug-likeness (QED) is 0.198. The molecule has 12 heteroatoms. The van der Waals surface area contributed by atoms with Crippen molar-refractivity contribution in [3.8, 4) is 11.5 Å². The summed E-state index contributed by atoms with van der Waals surface area (Å²) >= 11 is 0. The Morgan fingerprint density at radius 2 is 1.61 bits per heavy atom. The van der Waals surface area contributed by atoms with Crippen molar-refractivity contribution in [3.05, 3.63) is 119 Å². The SMILES string of the molecule is CC.O=C1CCC(N2Cc3cc4c(cc3C2=O)OC[C@@H]2CN(CC3CCC5(CN(c6ccc([C@H]7CCCc8cc(OF)ccc87)cc6)C5)OC3)CCN42)C(=O)N1.c1ccccc1. The van der Waals surface area contributed by atoms with E-state index in [-0.39, 0.29) is 35.6 Å². The maximum Gasteiger partial charge on any atom is 0.255 e. The molecule has 3 amide bonds. The van der Waals surface area contributed by atoms with Crippen LogP contribution in [0, 0.1) is 5.92 Å². The van der Waals surface area contributed by atoms with E-state index in [1.54, 1.807) is 11.0 Å². The molecule has 11 rings (SSSR count). The third-order valence-electron chi connectivity index (χ3n) is 13.9. The lowest BCUT2D eigenvalue weighted by molar-refractivity contribution is -0.136. The van der Waals surface area contributed by atoms with Gasteiger partial charge in [0.15, 0.2) is 5.75 Å². The number of hydrogen-bond donors (Lipinski definition) is 1. The van der Waals surface area contributed by atoms with Gasteiger partial charge in [-0.1, -0.05) is 68.4 Å². The van der Waals surface area contributed by atoms with Gasteiger partial charge in [-0.3, -0.25) is 29.5 Å². The highest BCUT2D eigenvalue weighted by atomic mass is 19.3. The van der Waals surface area contributed by atoms with Gasteiger partial charge < -0.3 is 24.2 Å². The molecule has 1 N–H and O–H groups in total. The van der Waals surface area contributed by atoms with Gasteiger partial charge in [-0.05, 0) is 103 Å². The number of halogens is 1. The second-order valence-electron chi connectivity index (χ2n) is 17.7. The number of nitrogens with one attached hydrogen (secondary N) is 1. The summed E-state index contributed by atoms with van der Waals surface area (Å²) in [4.78, 5) is 50.6. The second-order valence-corrected chi connectivity index (χ2v) is 17.7. The molecule has 1 spiro atoms. The Morgan fingerprint density at radius 1 is 0.839 bits per heavy atom. The van der Waals surface area contributed by atoms with Crippen LogP contribution >= 0.6 is 0 Å². The van der Waals surface area contributed by atoms with E-state index in [9.17, 15) is 18.9 Å². The number of anilines is 2. The number of hydrogen-bond acceptors (Lipinski definition) is 9. The summed E-state index contributed by atoms with van der Waals surface area (Å²) in [7, 11) is 0. The van der Waals surface area contributed by atoms with Gasteiger partial charge in [-0.25, -0.2) is 0 Å². The van der Waals surface area contributed by atoms with Crippen LogP contribution in [0.4, 0.5) is 15.9 Å². The third kappa shape index (κ3) is 8.39. The highest BCUT2D eigenvalue weighted by molar-refractivity contribution is 6.06. The van der Waals surface area contributed by atoms with Crippen molar-refractivity contribution in [1.29, 1.82) is 0 Å². The predicted octanol–water partition coefficient (Wildman–Crippen LogP) is 7.46. The van der Waals surface area contributed by atoms with Gasteiger partial charge in [0.05, 0.1) is 18.3 Å². The molecule has 0 radical (unpaired) electrons. The number of piperidine rings is 1. The molecular formula is C50H58FN5O6. The number of carbonyl (C=O) groups excluding carboxylic acids is 3. The zero-order valence-electron chi connectivity index (χ0n) is 35.9. The van der Waals surface area contributed by atoms with Crippen molar-refractivity contribution >= 4 is 29.1 Å². The van der Waals surface area contributed by atoms with Crippen LogP contribution in [0.3, 0.4) is 0 Å². The first-order chi connectivity index (χ1) is 30.3. The van der Waals surface area contributed by atoms with Gasteiger partial charge in [0, 0.05) is 73.9 Å². The van der Waals surface area contributed by atoms with Crippen molar-refractivity contribution in [1.82, 2.24) is 15.1 Å². The summed E-state index contributed by atoms with van der Waals surface area (Å²) in [6.45, 7) is 11.4. The maximum absolute atomic E-state index is 13.3. The van der Waals surface area contributed by atoms with Crippen molar-refractivity contribution in [2.75, 3.05) is 62.3 Å². The molecule has 0 bridgehead atoms. The first-order valence-corrected chi connectivity index (χ1v) is 22.7. The first-order valence-electron chi connectivity index (χ1n) is 22.7. The summed E-state index contributed by atoms with van der Waals surface area (Å²) in [5, 5.41) is 2.38. The number of piperazine rings is 1. The number of benzene rings is 4. The molecule has 4 atom stereocenters. The minimum Gasteiger partial charge on any atom is -0.489 e. The van der Waals surface area contributed by atoms with Gasteiger partial charge in [0.25, 0.3) is 5.91 Å². The molecule has 11 nitrogen and oxygen atoms in total. The summed E-state index contributed by atoms with van der Waals surface area (Å²) in [5.41, 5.74) is 7.49. The molecule has 0 saturated carbocycles. The topological polar surface area (TPSA) is 104 Å². The molecule has 6 aliphatic heterocycles. The van der Waals surface area contributed by atoms with Crippen LogP contribution in [0.5, 0.6) is 11.5 Å². The number of rotatable bonds is 6. The number of nitrogens with zero attached hydrogens (tertiary/aromatic N) is 4. The molecule has 7 aliphatic rings. The minimum absolute atomic E-state index is 0.0528. The van der Waals surface area contributed by atoms with Gasteiger partial charge in [0.2, 0.25) is 11.8 Å². The lowest BCUT2D eigenvalue weighted by Crippen LogP contribution is -2.65. The Balaban J connectivity index is 0.000000560. The molecule has 1 aliphatic carbocycles. The van der Waals surface area contributed by atoms with E-state index >= 15 is 0 Å². The van der Waals surface area contributed by atoms with E-state index in [4.69, 9.17) is 9.47 Å². The molecule has 4 saturated heterocycles. The Morgan fingerprint density at radius 3 is 2.32 bits per heavy atom. The zero-order valence-corrected chi connectivity index (χ0v) is 35.9. The van der Waals surface area contributed by atoms with Crippen LogP contribution in [0.25, 0.3) is 0 Å². The Kier molecular flexibility index (Phi) is 12.2. The summed E-state index contributed by atoms with van der Waals surface area (Å²) in [6, 6.07) is 30.1. The van der Waals surface area contributed by atoms with Gasteiger partial charge in [-0.2, -0.15) is 0 Å². The molecule has 4 aromatic carbocycles. The van der Waals surface area contributed by atoms with E-state index in [1.165, 1.54) is 22.4 Å². The average Bonchev–Trinajstić information content (AvgIpc) is 3.62. The number of aryl methyl sites for hydroxylation is 1. The fraction of sp³-hybridized carbons (Fsp3) is 0.460. The molecule has 2 unspecified atom stereocenters. The second kappa shape index (κ2) is 18.1. The van der Waals surface area contributed by atoms with E-state index in [1.807, 2.05) is 68.4 Å². The summed E-state index contributed by atoms with van der Waals surface area (Å²) < 4.78 is 25.7. The van der Waals surface area contributed by atoms with Gasteiger partial charge in [0.1, 0.15) is 24.0 Å². The Hall–Kier alpha value is -5.46. The molecule has 4 aromatic rings. The van der Waals surface area contributed by atoms with Crippen LogP contribution in [0.2, 0.25) is 0 Å². The Labute approximate surface area is 364 Å². The molecule has 4 fully saturated rings. The fourth-order valence-electron chi connectivity index (χ4n) is 10.6. The summed E-state index contributed by atoms with van der Waals surface area (Å²) in [6.07, 6.45) is 5.98. The largest absolute Gasteiger partial charge is 0.489 e. The van der Waals surface area contributed by atoms with Gasteiger partial charge >= 0.3 is 0 Å². The number of fused-ring (bicyclic) bond motifs is 5. The zero-order chi connectivity index (χ0) is 42.8. The van der Waals surface area contributed by atoms with Gasteiger partial charge in [-0.15, -0.1) is 0 Å². The standard InChI is InChI=1S/C42H46FN5O6.C6H6.C2H6/c43-54-32-8-9-34-28(16-32)2-1-3-33(34)27-4-6-30(7-5-27)46-24-42(25-46)13-12-26(22-53-42)19-45-14-15-47-31(21-45)23-52-38-18-35-29(17-37(38)47)20-48(41(35)51)36-10-11-39(49)44-40(36)50;1-2-4-6-5-3-1;1-2/h4-9,16-18,26,31,33,36H,1-3,10-15,19-25H2,(H,44,49,50);1-6H;1-2H3/t26?,31-,33+,36?;;/m0../s1. The van der Waals surface area contributed by atoms with Crippen molar-refractivity contribution in [2.45, 2.75) is 88.9 Å². The van der Waals surface area contributed by atoms with E-state index in [0.717, 1.165) is 95.0 Å². The molecule has 0 aromatic heterocycles. The van der Waals surface area contributed by atoms with Crippen LogP contribution in [0.1, 0.15) is 90.9 Å².